The van der Waals surface area contributed by atoms with E-state index < -0.39 is 23.7 Å². The van der Waals surface area contributed by atoms with Gasteiger partial charge in [-0.2, -0.15) is 0 Å². The van der Waals surface area contributed by atoms with Crippen LogP contribution in [0, 0.1) is 5.92 Å². The molecule has 4 rings (SSSR count). The van der Waals surface area contributed by atoms with Crippen LogP contribution in [0.15, 0.2) is 42.5 Å². The van der Waals surface area contributed by atoms with Crippen molar-refractivity contribution in [2.24, 2.45) is 5.92 Å². The van der Waals surface area contributed by atoms with Crippen molar-refractivity contribution in [2.45, 2.75) is 77.5 Å². The zero-order valence-electron chi connectivity index (χ0n) is 23.8. The standard InChI is InChI=1S/C31H42N2O6/c1-21-19-32(14-12-31(21,5)24-8-6-9-25(34)18-24)13-7-15-38-28(36)27-17-22-10-11-26(35)16-23(22)20-33(27)29(37)39-30(2,3)4/h6,8-11,16,18,21,27,34-35H,7,12-15,17,19-20H2,1-5H3/t21-,27+,31+/m0/s1. The van der Waals surface area contributed by atoms with Crippen LogP contribution in [0.1, 0.15) is 64.2 Å². The summed E-state index contributed by atoms with van der Waals surface area (Å²) in [6.07, 6.45) is 1.42. The molecule has 2 aliphatic rings. The third-order valence-corrected chi connectivity index (χ3v) is 8.16. The molecule has 8 heteroatoms. The molecule has 1 fully saturated rings. The lowest BCUT2D eigenvalue weighted by Gasteiger charge is -2.45. The summed E-state index contributed by atoms with van der Waals surface area (Å²) in [5, 5.41) is 19.8. The Morgan fingerprint density at radius 1 is 1.08 bits per heavy atom. The molecule has 0 spiro atoms. The summed E-state index contributed by atoms with van der Waals surface area (Å²) in [6, 6.07) is 11.8. The monoisotopic (exact) mass is 538 g/mol. The van der Waals surface area contributed by atoms with Crippen molar-refractivity contribution in [2.75, 3.05) is 26.2 Å². The van der Waals surface area contributed by atoms with Gasteiger partial charge in [-0.15, -0.1) is 0 Å². The smallest absolute Gasteiger partial charge is 0.411 e. The van der Waals surface area contributed by atoms with Crippen LogP contribution in [0.5, 0.6) is 11.5 Å². The average molecular weight is 539 g/mol. The van der Waals surface area contributed by atoms with Gasteiger partial charge in [0.1, 0.15) is 23.1 Å². The van der Waals surface area contributed by atoms with E-state index in [2.05, 4.69) is 24.8 Å². The number of aromatic hydroxyl groups is 2. The molecule has 1 amide bonds. The van der Waals surface area contributed by atoms with Crippen molar-refractivity contribution in [3.05, 3.63) is 59.2 Å². The molecule has 39 heavy (non-hydrogen) atoms. The van der Waals surface area contributed by atoms with E-state index in [4.69, 9.17) is 9.47 Å². The average Bonchev–Trinajstić information content (AvgIpc) is 2.86. The Kier molecular flexibility index (Phi) is 8.45. The molecule has 0 aliphatic carbocycles. The van der Waals surface area contributed by atoms with Crippen LogP contribution in [-0.4, -0.2) is 70.0 Å². The maximum Gasteiger partial charge on any atom is 0.411 e. The predicted molar refractivity (Wildman–Crippen MR) is 149 cm³/mol. The number of fused-ring (bicyclic) bond motifs is 1. The Balaban J connectivity index is 1.32. The van der Waals surface area contributed by atoms with E-state index in [9.17, 15) is 19.8 Å². The first-order valence-corrected chi connectivity index (χ1v) is 13.8. The fourth-order valence-corrected chi connectivity index (χ4v) is 5.66. The lowest BCUT2D eigenvalue weighted by Crippen LogP contribution is -2.51. The molecule has 2 aliphatic heterocycles. The van der Waals surface area contributed by atoms with Crippen LogP contribution in [-0.2, 0) is 32.6 Å². The molecule has 2 N–H and O–H groups in total. The van der Waals surface area contributed by atoms with Gasteiger partial charge in [-0.1, -0.05) is 32.0 Å². The Morgan fingerprint density at radius 2 is 1.82 bits per heavy atom. The molecule has 0 saturated carbocycles. The minimum absolute atomic E-state index is 0.000885. The molecular formula is C31H42N2O6. The van der Waals surface area contributed by atoms with Crippen LogP contribution < -0.4 is 0 Å². The Labute approximate surface area is 231 Å². The zero-order chi connectivity index (χ0) is 28.4. The molecule has 3 atom stereocenters. The number of phenols is 2. The van der Waals surface area contributed by atoms with Gasteiger partial charge in [-0.25, -0.2) is 9.59 Å². The summed E-state index contributed by atoms with van der Waals surface area (Å²) in [5.41, 5.74) is 2.17. The van der Waals surface area contributed by atoms with Crippen molar-refractivity contribution >= 4 is 12.1 Å². The number of rotatable bonds is 6. The number of carbonyl (C=O) groups is 2. The highest BCUT2D eigenvalue weighted by molar-refractivity contribution is 5.82. The lowest BCUT2D eigenvalue weighted by molar-refractivity contribution is -0.150. The molecule has 212 valence electrons. The van der Waals surface area contributed by atoms with E-state index in [0.29, 0.717) is 24.5 Å². The van der Waals surface area contributed by atoms with Gasteiger partial charge in [0.2, 0.25) is 0 Å². The minimum atomic E-state index is -0.783. The van der Waals surface area contributed by atoms with Crippen LogP contribution in [0.4, 0.5) is 4.79 Å². The number of carbonyl (C=O) groups excluding carboxylic acids is 2. The number of ether oxygens (including phenoxy) is 2. The zero-order valence-corrected chi connectivity index (χ0v) is 23.8. The number of hydrogen-bond acceptors (Lipinski definition) is 7. The summed E-state index contributed by atoms with van der Waals surface area (Å²) in [6.45, 7) is 13.0. The van der Waals surface area contributed by atoms with Crippen LogP contribution in [0.2, 0.25) is 0 Å². The molecule has 0 bridgehead atoms. The van der Waals surface area contributed by atoms with Gasteiger partial charge in [0, 0.05) is 19.5 Å². The van der Waals surface area contributed by atoms with Gasteiger partial charge < -0.3 is 24.6 Å². The third-order valence-electron chi connectivity index (χ3n) is 8.16. The van der Waals surface area contributed by atoms with E-state index in [1.54, 1.807) is 45.0 Å². The molecular weight excluding hydrogens is 496 g/mol. The summed E-state index contributed by atoms with van der Waals surface area (Å²) in [4.78, 5) is 30.0. The molecule has 2 heterocycles. The van der Waals surface area contributed by atoms with Crippen molar-refractivity contribution in [1.82, 2.24) is 9.80 Å². The maximum absolute atomic E-state index is 13.2. The number of piperidine rings is 1. The van der Waals surface area contributed by atoms with Gasteiger partial charge >= 0.3 is 12.1 Å². The van der Waals surface area contributed by atoms with E-state index in [0.717, 1.165) is 37.2 Å². The van der Waals surface area contributed by atoms with Crippen LogP contribution in [0.3, 0.4) is 0 Å². The fraction of sp³-hybridized carbons (Fsp3) is 0.548. The van der Waals surface area contributed by atoms with Gasteiger partial charge in [-0.05, 0) is 92.4 Å². The van der Waals surface area contributed by atoms with Crippen molar-refractivity contribution < 1.29 is 29.3 Å². The lowest BCUT2D eigenvalue weighted by atomic mass is 9.68. The molecule has 1 saturated heterocycles. The maximum atomic E-state index is 13.2. The number of phenolic OH excluding ortho intramolecular Hbond substituents is 2. The van der Waals surface area contributed by atoms with Gasteiger partial charge in [0.25, 0.3) is 0 Å². The summed E-state index contributed by atoms with van der Waals surface area (Å²) >= 11 is 0. The molecule has 0 aromatic heterocycles. The number of amides is 1. The highest BCUT2D eigenvalue weighted by Gasteiger charge is 2.39. The number of likely N-dealkylation sites (tertiary alicyclic amines) is 1. The molecule has 8 nitrogen and oxygen atoms in total. The first kappa shape index (κ1) is 28.7. The van der Waals surface area contributed by atoms with Crippen molar-refractivity contribution in [3.8, 4) is 11.5 Å². The fourth-order valence-electron chi connectivity index (χ4n) is 5.66. The largest absolute Gasteiger partial charge is 0.508 e. The van der Waals surface area contributed by atoms with Crippen LogP contribution >= 0.6 is 0 Å². The van der Waals surface area contributed by atoms with E-state index in [1.807, 2.05) is 12.1 Å². The summed E-state index contributed by atoms with van der Waals surface area (Å²) in [7, 11) is 0. The third kappa shape index (κ3) is 6.85. The Morgan fingerprint density at radius 3 is 2.51 bits per heavy atom. The Bertz CT molecular complexity index is 1190. The van der Waals surface area contributed by atoms with E-state index >= 15 is 0 Å². The number of hydrogen-bond donors (Lipinski definition) is 2. The van der Waals surface area contributed by atoms with Crippen molar-refractivity contribution in [3.63, 3.8) is 0 Å². The first-order valence-electron chi connectivity index (χ1n) is 13.8. The predicted octanol–water partition coefficient (Wildman–Crippen LogP) is 4.99. The minimum Gasteiger partial charge on any atom is -0.508 e. The van der Waals surface area contributed by atoms with Crippen molar-refractivity contribution in [1.29, 1.82) is 0 Å². The van der Waals surface area contributed by atoms with E-state index in [-0.39, 0.29) is 24.3 Å². The summed E-state index contributed by atoms with van der Waals surface area (Å²) < 4.78 is 11.2. The normalized spacial score (nSPS) is 23.7. The second-order valence-electron chi connectivity index (χ2n) is 12.2. The Hall–Kier alpha value is -3.26. The summed E-state index contributed by atoms with van der Waals surface area (Å²) in [5.74, 6) is 0.381. The molecule has 2 aromatic rings. The second kappa shape index (κ2) is 11.5. The number of esters is 1. The topological polar surface area (TPSA) is 99.5 Å². The van der Waals surface area contributed by atoms with Gasteiger partial charge in [0.05, 0.1) is 13.2 Å². The number of nitrogens with zero attached hydrogens (tertiary/aromatic N) is 2. The molecule has 2 aromatic carbocycles. The molecule has 0 radical (unpaired) electrons. The second-order valence-corrected chi connectivity index (χ2v) is 12.2. The first-order chi connectivity index (χ1) is 18.4. The van der Waals surface area contributed by atoms with Crippen LogP contribution in [0.25, 0.3) is 0 Å². The van der Waals surface area contributed by atoms with E-state index in [1.165, 1.54) is 10.5 Å². The SMILES string of the molecule is C[C@H]1CN(CCCOC(=O)[C@H]2Cc3ccc(O)cc3CN2C(=O)OC(C)(C)C)CC[C@@]1(C)c1cccc(O)c1. The highest BCUT2D eigenvalue weighted by atomic mass is 16.6. The number of benzene rings is 2. The van der Waals surface area contributed by atoms with Gasteiger partial charge in [0.15, 0.2) is 0 Å². The van der Waals surface area contributed by atoms with Gasteiger partial charge in [-0.3, -0.25) is 4.90 Å². The highest BCUT2D eigenvalue weighted by Crippen LogP contribution is 2.40. The molecule has 0 unspecified atom stereocenters. The quantitative estimate of drug-likeness (QED) is 0.395.